The fourth-order valence-corrected chi connectivity index (χ4v) is 4.48. The largest absolute Gasteiger partial charge is 0.481 e. The molecule has 5 rings (SSSR count). The zero-order chi connectivity index (χ0) is 20.0. The Morgan fingerprint density at radius 3 is 2.79 bits per heavy atom. The molecule has 0 unspecified atom stereocenters. The van der Waals surface area contributed by atoms with E-state index in [-0.39, 0.29) is 17.5 Å². The van der Waals surface area contributed by atoms with Crippen LogP contribution in [0.25, 0.3) is 11.4 Å². The van der Waals surface area contributed by atoms with Gasteiger partial charge in [-0.2, -0.15) is 9.97 Å². The number of anilines is 1. The van der Waals surface area contributed by atoms with E-state index in [4.69, 9.17) is 9.47 Å². The number of methoxy groups -OCH3 is 2. The molecule has 2 bridgehead atoms. The summed E-state index contributed by atoms with van der Waals surface area (Å²) in [4.78, 5) is 31.3. The van der Waals surface area contributed by atoms with Crippen molar-refractivity contribution in [2.24, 2.45) is 5.92 Å². The Morgan fingerprint density at radius 1 is 1.14 bits per heavy atom. The van der Waals surface area contributed by atoms with Gasteiger partial charge in [-0.25, -0.2) is 4.98 Å². The topological polar surface area (TPSA) is 98.2 Å². The number of rotatable bonds is 4. The highest BCUT2D eigenvalue weighted by Crippen LogP contribution is 2.37. The van der Waals surface area contributed by atoms with E-state index in [1.165, 1.54) is 0 Å². The Balaban J connectivity index is 1.49. The number of fused-ring (bicyclic) bond motifs is 4. The molecule has 1 saturated heterocycles. The third-order valence-electron chi connectivity index (χ3n) is 5.74. The van der Waals surface area contributed by atoms with Gasteiger partial charge >= 0.3 is 6.01 Å². The molecule has 5 heterocycles. The molecular weight excluding hydrogens is 372 g/mol. The van der Waals surface area contributed by atoms with Crippen molar-refractivity contribution in [3.05, 3.63) is 46.6 Å². The van der Waals surface area contributed by atoms with E-state index in [0.717, 1.165) is 31.0 Å². The summed E-state index contributed by atoms with van der Waals surface area (Å²) in [5.41, 5.74) is 1.70. The van der Waals surface area contributed by atoms with Gasteiger partial charge in [0.25, 0.3) is 5.56 Å². The number of hydrogen-bond acceptors (Lipinski definition) is 7. The van der Waals surface area contributed by atoms with Crippen molar-refractivity contribution < 1.29 is 9.47 Å². The Hall–Kier alpha value is -3.36. The van der Waals surface area contributed by atoms with Crippen molar-refractivity contribution in [3.63, 3.8) is 0 Å². The molecule has 0 aromatic carbocycles. The second-order valence-corrected chi connectivity index (χ2v) is 7.48. The molecule has 3 aromatic rings. The number of H-pyrrole nitrogens is 1. The van der Waals surface area contributed by atoms with Crippen molar-refractivity contribution in [2.75, 3.05) is 32.2 Å². The van der Waals surface area contributed by atoms with Crippen molar-refractivity contribution in [3.8, 4) is 23.3 Å². The standard InChI is InChI=1S/C20H22N6O3/c1-28-17-8-16(23-20(24-17)29-2)25-9-12-7-13(11-25)15-4-3-14(18-21-5-6-22-18)19(27)26(15)10-12/h3-6,8,12-13H,7,9-11H2,1-2H3,(H,21,22)/t12-,13+/m0/s1. The van der Waals surface area contributed by atoms with E-state index in [0.29, 0.717) is 29.7 Å². The number of aromatic amines is 1. The number of ether oxygens (including phenoxy) is 2. The van der Waals surface area contributed by atoms with Gasteiger partial charge in [0.2, 0.25) is 5.88 Å². The quantitative estimate of drug-likeness (QED) is 0.719. The maximum absolute atomic E-state index is 13.1. The van der Waals surface area contributed by atoms with Gasteiger partial charge in [-0.05, 0) is 24.5 Å². The molecule has 9 heteroatoms. The van der Waals surface area contributed by atoms with E-state index in [2.05, 4.69) is 30.9 Å². The van der Waals surface area contributed by atoms with Crippen LogP contribution in [0.15, 0.2) is 35.4 Å². The molecule has 3 aromatic heterocycles. The molecular formula is C20H22N6O3. The summed E-state index contributed by atoms with van der Waals surface area (Å²) in [6, 6.07) is 6.06. The molecule has 2 aliphatic rings. The Labute approximate surface area is 167 Å². The van der Waals surface area contributed by atoms with E-state index in [9.17, 15) is 4.79 Å². The van der Waals surface area contributed by atoms with Gasteiger partial charge < -0.3 is 23.9 Å². The number of pyridine rings is 1. The monoisotopic (exact) mass is 394 g/mol. The predicted molar refractivity (Wildman–Crippen MR) is 106 cm³/mol. The normalized spacial score (nSPS) is 20.3. The average molecular weight is 394 g/mol. The third-order valence-corrected chi connectivity index (χ3v) is 5.74. The SMILES string of the molecule is COc1cc(N2C[C@@H]3C[C@H](C2)c2ccc(-c4ncc[nH]4)c(=O)n2C3)nc(OC)n1. The summed E-state index contributed by atoms with van der Waals surface area (Å²) < 4.78 is 12.4. The lowest BCUT2D eigenvalue weighted by molar-refractivity contribution is 0.279. The smallest absolute Gasteiger partial charge is 0.321 e. The van der Waals surface area contributed by atoms with Gasteiger partial charge in [0.1, 0.15) is 11.6 Å². The van der Waals surface area contributed by atoms with Crippen molar-refractivity contribution >= 4 is 5.82 Å². The maximum atomic E-state index is 13.1. The summed E-state index contributed by atoms with van der Waals surface area (Å²) in [7, 11) is 3.12. The fourth-order valence-electron chi connectivity index (χ4n) is 4.48. The minimum Gasteiger partial charge on any atom is -0.481 e. The summed E-state index contributed by atoms with van der Waals surface area (Å²) in [5.74, 6) is 2.49. The van der Waals surface area contributed by atoms with Gasteiger partial charge in [0.05, 0.1) is 19.8 Å². The molecule has 0 spiro atoms. The zero-order valence-electron chi connectivity index (χ0n) is 16.3. The molecule has 150 valence electrons. The molecule has 2 atom stereocenters. The lowest BCUT2D eigenvalue weighted by atomic mass is 9.83. The Morgan fingerprint density at radius 2 is 2.03 bits per heavy atom. The van der Waals surface area contributed by atoms with Gasteiger partial charge in [-0.15, -0.1) is 0 Å². The lowest BCUT2D eigenvalue weighted by Gasteiger charge is -2.43. The van der Waals surface area contributed by atoms with Crippen molar-refractivity contribution in [1.82, 2.24) is 24.5 Å². The van der Waals surface area contributed by atoms with Gasteiger partial charge in [-0.1, -0.05) is 0 Å². The fraction of sp³-hybridized carbons (Fsp3) is 0.400. The zero-order valence-corrected chi connectivity index (χ0v) is 16.3. The number of nitrogens with zero attached hydrogens (tertiary/aromatic N) is 5. The molecule has 2 aliphatic heterocycles. The van der Waals surface area contributed by atoms with Crippen LogP contribution >= 0.6 is 0 Å². The summed E-state index contributed by atoms with van der Waals surface area (Å²) in [5, 5.41) is 0. The van der Waals surface area contributed by atoms with Crippen LogP contribution in [0.2, 0.25) is 0 Å². The molecule has 0 radical (unpaired) electrons. The molecule has 29 heavy (non-hydrogen) atoms. The predicted octanol–water partition coefficient (Wildman–Crippen LogP) is 1.67. The van der Waals surface area contributed by atoms with Crippen LogP contribution in [-0.2, 0) is 6.54 Å². The molecule has 0 aliphatic carbocycles. The highest BCUT2D eigenvalue weighted by atomic mass is 16.5. The van der Waals surface area contributed by atoms with E-state index < -0.39 is 0 Å². The first kappa shape index (κ1) is 17.7. The third kappa shape index (κ3) is 3.02. The van der Waals surface area contributed by atoms with Crippen molar-refractivity contribution in [1.29, 1.82) is 0 Å². The average Bonchev–Trinajstić information content (AvgIpc) is 3.28. The second kappa shape index (κ2) is 6.91. The molecule has 0 amide bonds. The van der Waals surface area contributed by atoms with Crippen LogP contribution < -0.4 is 19.9 Å². The molecule has 0 saturated carbocycles. The first-order valence-electron chi connectivity index (χ1n) is 9.61. The van der Waals surface area contributed by atoms with Crippen LogP contribution in [-0.4, -0.2) is 51.8 Å². The Bertz CT molecular complexity index is 1070. The minimum absolute atomic E-state index is 0.0194. The van der Waals surface area contributed by atoms with Crippen LogP contribution in [0.1, 0.15) is 18.0 Å². The van der Waals surface area contributed by atoms with Gasteiger partial charge in [-0.3, -0.25) is 4.79 Å². The van der Waals surface area contributed by atoms with Gasteiger partial charge in [0.15, 0.2) is 0 Å². The first-order chi connectivity index (χ1) is 14.2. The lowest BCUT2D eigenvalue weighted by Crippen LogP contribution is -2.47. The number of piperidine rings is 1. The number of imidazole rings is 1. The highest BCUT2D eigenvalue weighted by molar-refractivity contribution is 5.54. The van der Waals surface area contributed by atoms with E-state index in [1.807, 2.05) is 16.7 Å². The molecule has 9 nitrogen and oxygen atoms in total. The second-order valence-electron chi connectivity index (χ2n) is 7.48. The van der Waals surface area contributed by atoms with Crippen LogP contribution in [0.5, 0.6) is 11.9 Å². The highest BCUT2D eigenvalue weighted by Gasteiger charge is 2.36. The molecule has 1 fully saturated rings. The summed E-state index contributed by atoms with van der Waals surface area (Å²) >= 11 is 0. The van der Waals surface area contributed by atoms with E-state index in [1.54, 1.807) is 26.6 Å². The molecule has 1 N–H and O–H groups in total. The Kier molecular flexibility index (Phi) is 4.22. The van der Waals surface area contributed by atoms with E-state index >= 15 is 0 Å². The van der Waals surface area contributed by atoms with Crippen LogP contribution in [0.3, 0.4) is 0 Å². The first-order valence-corrected chi connectivity index (χ1v) is 9.61. The van der Waals surface area contributed by atoms with Crippen molar-refractivity contribution in [2.45, 2.75) is 18.9 Å². The number of nitrogens with one attached hydrogen (secondary N) is 1. The summed E-state index contributed by atoms with van der Waals surface area (Å²) in [6.45, 7) is 2.28. The summed E-state index contributed by atoms with van der Waals surface area (Å²) in [6.07, 6.45) is 4.46. The number of aromatic nitrogens is 5. The minimum atomic E-state index is 0.0194. The van der Waals surface area contributed by atoms with Crippen LogP contribution in [0.4, 0.5) is 5.82 Å². The van der Waals surface area contributed by atoms with Gasteiger partial charge in [0, 0.05) is 49.7 Å². The number of hydrogen-bond donors (Lipinski definition) is 1. The van der Waals surface area contributed by atoms with Crippen LogP contribution in [0, 0.1) is 5.92 Å². The maximum Gasteiger partial charge on any atom is 0.321 e.